The van der Waals surface area contributed by atoms with Crippen LogP contribution in [0.2, 0.25) is 0 Å². The van der Waals surface area contributed by atoms with Gasteiger partial charge in [-0.05, 0) is 94.1 Å². The summed E-state index contributed by atoms with van der Waals surface area (Å²) in [6.45, 7) is 8.67. The van der Waals surface area contributed by atoms with E-state index in [1.54, 1.807) is 6.08 Å². The highest BCUT2D eigenvalue weighted by Crippen LogP contribution is 2.66. The predicted octanol–water partition coefficient (Wildman–Crippen LogP) is 5.35. The molecule has 4 aliphatic carbocycles. The predicted molar refractivity (Wildman–Crippen MR) is 182 cm³/mol. The second-order valence-electron chi connectivity index (χ2n) is 16.7. The molecular formula is C40H53NO8. The van der Waals surface area contributed by atoms with Crippen molar-refractivity contribution < 1.29 is 38.6 Å². The number of carbonyl (C=O) groups excluding carboxylic acids is 5. The van der Waals surface area contributed by atoms with Crippen molar-refractivity contribution in [3.63, 3.8) is 0 Å². The summed E-state index contributed by atoms with van der Waals surface area (Å²) in [5.41, 5.74) is -1.17. The van der Waals surface area contributed by atoms with Crippen molar-refractivity contribution in [3.05, 3.63) is 47.5 Å². The van der Waals surface area contributed by atoms with E-state index in [-0.39, 0.29) is 77.3 Å². The number of allylic oxidation sites excluding steroid dienone is 1. The first kappa shape index (κ1) is 35.6. The molecule has 0 bridgehead atoms. The van der Waals surface area contributed by atoms with Crippen LogP contribution in [0.25, 0.3) is 0 Å². The molecule has 1 heterocycles. The molecule has 266 valence electrons. The minimum atomic E-state index is -1.77. The molecule has 1 aromatic rings. The highest BCUT2D eigenvalue weighted by atomic mass is 16.5. The Morgan fingerprint density at radius 1 is 0.980 bits per heavy atom. The van der Waals surface area contributed by atoms with Crippen molar-refractivity contribution in [2.45, 2.75) is 121 Å². The summed E-state index contributed by atoms with van der Waals surface area (Å²) in [4.78, 5) is 65.0. The molecule has 0 aromatic heterocycles. The number of nitrogens with one attached hydrogen (secondary N) is 1. The monoisotopic (exact) mass is 675 g/mol. The normalized spacial score (nSPS) is 36.5. The number of fused-ring (bicyclic) bond motifs is 5. The molecule has 0 spiro atoms. The fourth-order valence-corrected chi connectivity index (χ4v) is 10.8. The molecule has 5 aliphatic rings. The maximum absolute atomic E-state index is 13.9. The molecular weight excluding hydrogens is 622 g/mol. The van der Waals surface area contributed by atoms with Crippen LogP contribution in [-0.2, 0) is 38.9 Å². The van der Waals surface area contributed by atoms with Gasteiger partial charge in [0, 0.05) is 49.2 Å². The number of hydrogen-bond acceptors (Lipinski definition) is 8. The number of rotatable bonds is 10. The molecule has 3 saturated carbocycles. The SMILES string of the molecule is CC1(C)C[C@](CCNC(=O)CCC(=O)OCC(=O)[C@@]2(O)CC[C@@H]3[C@H]4CCC5=CC(=O)CC[C@]5(C)[C@H]4C(=O)C[C@]32C)(c2ccccc2)CCO1. The van der Waals surface area contributed by atoms with E-state index in [1.807, 2.05) is 25.1 Å². The minimum Gasteiger partial charge on any atom is -0.458 e. The molecule has 1 aromatic carbocycles. The Hall–Kier alpha value is -3.17. The summed E-state index contributed by atoms with van der Waals surface area (Å²) in [5.74, 6) is -1.55. The molecule has 49 heavy (non-hydrogen) atoms. The van der Waals surface area contributed by atoms with Crippen molar-refractivity contribution in [1.29, 1.82) is 0 Å². The third-order valence-corrected chi connectivity index (χ3v) is 13.3. The topological polar surface area (TPSA) is 136 Å². The van der Waals surface area contributed by atoms with Crippen LogP contribution in [0, 0.1) is 28.6 Å². The second-order valence-corrected chi connectivity index (χ2v) is 16.7. The zero-order chi connectivity index (χ0) is 35.2. The first-order valence-corrected chi connectivity index (χ1v) is 18.3. The number of amides is 1. The maximum Gasteiger partial charge on any atom is 0.306 e. The smallest absolute Gasteiger partial charge is 0.306 e. The lowest BCUT2D eigenvalue weighted by Crippen LogP contribution is -2.61. The van der Waals surface area contributed by atoms with Crippen LogP contribution in [0.3, 0.4) is 0 Å². The van der Waals surface area contributed by atoms with E-state index < -0.39 is 29.4 Å². The molecule has 2 N–H and O–H groups in total. The molecule has 1 saturated heterocycles. The highest BCUT2D eigenvalue weighted by molar-refractivity contribution is 5.95. The second kappa shape index (κ2) is 13.2. The van der Waals surface area contributed by atoms with Crippen molar-refractivity contribution >= 4 is 29.2 Å². The maximum atomic E-state index is 13.9. The van der Waals surface area contributed by atoms with Gasteiger partial charge < -0.3 is 19.9 Å². The van der Waals surface area contributed by atoms with Gasteiger partial charge in [0.2, 0.25) is 11.7 Å². The molecule has 9 heteroatoms. The van der Waals surface area contributed by atoms with Crippen LogP contribution in [0.15, 0.2) is 42.0 Å². The Balaban J connectivity index is 1.00. The Morgan fingerprint density at radius 2 is 1.73 bits per heavy atom. The minimum absolute atomic E-state index is 0.0206. The van der Waals surface area contributed by atoms with Gasteiger partial charge in [0.05, 0.1) is 12.0 Å². The van der Waals surface area contributed by atoms with Gasteiger partial charge in [-0.2, -0.15) is 0 Å². The lowest BCUT2D eigenvalue weighted by atomic mass is 9.46. The third kappa shape index (κ3) is 6.46. The van der Waals surface area contributed by atoms with Crippen LogP contribution in [0.5, 0.6) is 0 Å². The van der Waals surface area contributed by atoms with Gasteiger partial charge in [0.25, 0.3) is 0 Å². The Morgan fingerprint density at radius 3 is 2.47 bits per heavy atom. The fraction of sp³-hybridized carbons (Fsp3) is 0.675. The van der Waals surface area contributed by atoms with E-state index in [2.05, 4.69) is 38.2 Å². The summed E-state index contributed by atoms with van der Waals surface area (Å²) in [6, 6.07) is 10.3. The summed E-state index contributed by atoms with van der Waals surface area (Å²) in [7, 11) is 0. The molecule has 4 fully saturated rings. The Bertz CT molecular complexity index is 1530. The number of esters is 1. The summed E-state index contributed by atoms with van der Waals surface area (Å²) in [6.07, 6.45) is 7.47. The van der Waals surface area contributed by atoms with E-state index in [4.69, 9.17) is 9.47 Å². The van der Waals surface area contributed by atoms with Gasteiger partial charge in [-0.1, -0.05) is 49.8 Å². The van der Waals surface area contributed by atoms with Gasteiger partial charge in [-0.15, -0.1) is 0 Å². The van der Waals surface area contributed by atoms with Crippen molar-refractivity contribution in [2.75, 3.05) is 19.8 Å². The lowest BCUT2D eigenvalue weighted by Gasteiger charge is -2.57. The zero-order valence-electron chi connectivity index (χ0n) is 29.6. The molecule has 1 aliphatic heterocycles. The van der Waals surface area contributed by atoms with Crippen LogP contribution in [-0.4, -0.2) is 65.3 Å². The van der Waals surface area contributed by atoms with E-state index in [0.717, 1.165) is 37.7 Å². The largest absolute Gasteiger partial charge is 0.458 e. The first-order valence-electron chi connectivity index (χ1n) is 18.3. The van der Waals surface area contributed by atoms with E-state index in [1.165, 1.54) is 5.56 Å². The van der Waals surface area contributed by atoms with Crippen molar-refractivity contribution in [2.24, 2.45) is 28.6 Å². The standard InChI is InChI=1S/C40H53NO8/c1-36(2)25-39(19-21-49-36,26-8-6-5-7-9-26)18-20-41-33(45)12-13-34(46)48-24-32(44)40(47)17-15-30-29-11-10-27-22-28(42)14-16-37(27,3)35(29)31(43)23-38(30,40)4/h5-9,22,29-30,35,47H,10-21,23-25H2,1-4H3,(H,41,45)/t29-,30-,35-,37+,38-,39-,40+/m1/s1. The third-order valence-electron chi connectivity index (χ3n) is 13.3. The molecule has 0 unspecified atom stereocenters. The van der Waals surface area contributed by atoms with E-state index in [0.29, 0.717) is 32.4 Å². The average molecular weight is 676 g/mol. The Kier molecular flexibility index (Phi) is 9.59. The van der Waals surface area contributed by atoms with Crippen LogP contribution < -0.4 is 5.32 Å². The van der Waals surface area contributed by atoms with Crippen molar-refractivity contribution in [1.82, 2.24) is 5.32 Å². The number of benzene rings is 1. The highest BCUT2D eigenvalue weighted by Gasteiger charge is 2.68. The number of aliphatic hydroxyl groups is 1. The molecule has 9 nitrogen and oxygen atoms in total. The number of Topliss-reactive ketones (excluding diaryl/α,β-unsaturated/α-hetero) is 2. The van der Waals surface area contributed by atoms with Crippen LogP contribution in [0.4, 0.5) is 0 Å². The van der Waals surface area contributed by atoms with Gasteiger partial charge >= 0.3 is 5.97 Å². The van der Waals surface area contributed by atoms with Gasteiger partial charge in [-0.3, -0.25) is 24.0 Å². The van der Waals surface area contributed by atoms with Gasteiger partial charge in [-0.25, -0.2) is 0 Å². The fourth-order valence-electron chi connectivity index (χ4n) is 10.8. The number of ketones is 3. The van der Waals surface area contributed by atoms with Crippen LogP contribution in [0.1, 0.15) is 110 Å². The van der Waals surface area contributed by atoms with Gasteiger partial charge in [0.15, 0.2) is 12.4 Å². The molecule has 7 atom stereocenters. The molecule has 6 rings (SSSR count). The quantitative estimate of drug-likeness (QED) is 0.317. The summed E-state index contributed by atoms with van der Waals surface area (Å²) in [5, 5.41) is 14.9. The molecule has 1 amide bonds. The van der Waals surface area contributed by atoms with Gasteiger partial charge in [0.1, 0.15) is 11.4 Å². The number of ether oxygens (including phenoxy) is 2. The summed E-state index contributed by atoms with van der Waals surface area (Å²) >= 11 is 0. The van der Waals surface area contributed by atoms with Crippen LogP contribution >= 0.6 is 0 Å². The van der Waals surface area contributed by atoms with E-state index in [9.17, 15) is 29.1 Å². The zero-order valence-corrected chi connectivity index (χ0v) is 29.6. The van der Waals surface area contributed by atoms with E-state index >= 15 is 0 Å². The summed E-state index contributed by atoms with van der Waals surface area (Å²) < 4.78 is 11.3. The first-order chi connectivity index (χ1) is 23.1. The Labute approximate surface area is 289 Å². The van der Waals surface area contributed by atoms with Crippen molar-refractivity contribution in [3.8, 4) is 0 Å². The number of hydrogen-bond donors (Lipinski definition) is 2. The number of carbonyl (C=O) groups is 5. The molecule has 0 radical (unpaired) electrons. The average Bonchev–Trinajstić information content (AvgIpc) is 3.33. The lowest BCUT2D eigenvalue weighted by molar-refractivity contribution is -0.173.